The third-order valence-corrected chi connectivity index (χ3v) is 4.21. The Morgan fingerprint density at radius 2 is 1.76 bits per heavy atom. The first-order valence-corrected chi connectivity index (χ1v) is 6.89. The van der Waals surface area contributed by atoms with Gasteiger partial charge in [0.25, 0.3) is 0 Å². The number of halogens is 2. The van der Waals surface area contributed by atoms with Gasteiger partial charge in [-0.15, -0.1) is 0 Å². The number of furan rings is 1. The summed E-state index contributed by atoms with van der Waals surface area (Å²) in [6, 6.07) is 8.09. The quantitative estimate of drug-likeness (QED) is 0.831. The summed E-state index contributed by atoms with van der Waals surface area (Å²) in [6.07, 6.45) is 0. The highest BCUT2D eigenvalue weighted by Crippen LogP contribution is 2.25. The molecule has 0 amide bonds. The van der Waals surface area contributed by atoms with Gasteiger partial charge in [0.2, 0.25) is 0 Å². The van der Waals surface area contributed by atoms with Crippen LogP contribution in [0.2, 0.25) is 0 Å². The zero-order valence-electron chi connectivity index (χ0n) is 9.68. The van der Waals surface area contributed by atoms with E-state index in [1.165, 1.54) is 15.6 Å². The van der Waals surface area contributed by atoms with Crippen molar-refractivity contribution < 1.29 is 4.42 Å². The van der Waals surface area contributed by atoms with Crippen molar-refractivity contribution in [3.8, 4) is 0 Å². The molecule has 0 saturated heterocycles. The van der Waals surface area contributed by atoms with E-state index in [4.69, 9.17) is 4.42 Å². The molecule has 1 aromatic carbocycles. The normalized spacial score (nSPS) is 10.6. The van der Waals surface area contributed by atoms with Crippen molar-refractivity contribution in [3.05, 3.63) is 50.3 Å². The molecule has 90 valence electrons. The average molecular weight is 359 g/mol. The Morgan fingerprint density at radius 1 is 1.12 bits per heavy atom. The second kappa shape index (κ2) is 5.27. The third-order valence-electron chi connectivity index (χ3n) is 2.53. The molecule has 1 aromatic heterocycles. The first-order chi connectivity index (χ1) is 8.06. The SMILES string of the molecule is Cc1cc(NCc2ccc(Br)o2)cc(C)c1Br. The second-order valence-corrected chi connectivity index (χ2v) is 5.56. The van der Waals surface area contributed by atoms with Crippen LogP contribution in [0.5, 0.6) is 0 Å². The molecule has 1 heterocycles. The van der Waals surface area contributed by atoms with Crippen LogP contribution in [0.3, 0.4) is 0 Å². The molecule has 0 atom stereocenters. The van der Waals surface area contributed by atoms with Crippen LogP contribution in [0.15, 0.2) is 37.8 Å². The van der Waals surface area contributed by atoms with Crippen molar-refractivity contribution >= 4 is 37.5 Å². The molecule has 4 heteroatoms. The van der Waals surface area contributed by atoms with Crippen molar-refractivity contribution in [1.82, 2.24) is 0 Å². The van der Waals surface area contributed by atoms with Gasteiger partial charge in [0.05, 0.1) is 6.54 Å². The highest BCUT2D eigenvalue weighted by molar-refractivity contribution is 9.10. The van der Waals surface area contributed by atoms with E-state index < -0.39 is 0 Å². The highest BCUT2D eigenvalue weighted by Gasteiger charge is 2.03. The van der Waals surface area contributed by atoms with E-state index in [1.54, 1.807) is 0 Å². The Balaban J connectivity index is 2.09. The van der Waals surface area contributed by atoms with E-state index in [0.717, 1.165) is 16.1 Å². The Morgan fingerprint density at radius 3 is 2.29 bits per heavy atom. The van der Waals surface area contributed by atoms with Gasteiger partial charge in [-0.1, -0.05) is 15.9 Å². The van der Waals surface area contributed by atoms with Crippen molar-refractivity contribution in [3.63, 3.8) is 0 Å². The van der Waals surface area contributed by atoms with Gasteiger partial charge in [-0.05, 0) is 65.2 Å². The van der Waals surface area contributed by atoms with Gasteiger partial charge in [0.15, 0.2) is 4.67 Å². The fourth-order valence-electron chi connectivity index (χ4n) is 1.68. The predicted molar refractivity (Wildman–Crippen MR) is 77.4 cm³/mol. The summed E-state index contributed by atoms with van der Waals surface area (Å²) in [5.74, 6) is 0.912. The lowest BCUT2D eigenvalue weighted by Gasteiger charge is -2.09. The van der Waals surface area contributed by atoms with Gasteiger partial charge in [-0.2, -0.15) is 0 Å². The summed E-state index contributed by atoms with van der Waals surface area (Å²) in [7, 11) is 0. The summed E-state index contributed by atoms with van der Waals surface area (Å²) >= 11 is 6.85. The number of nitrogens with one attached hydrogen (secondary N) is 1. The molecule has 2 rings (SSSR count). The first kappa shape index (κ1) is 12.7. The summed E-state index contributed by atoms with van der Waals surface area (Å²) in [5, 5.41) is 3.35. The maximum Gasteiger partial charge on any atom is 0.169 e. The van der Waals surface area contributed by atoms with Crippen LogP contribution in [0.1, 0.15) is 16.9 Å². The van der Waals surface area contributed by atoms with Crippen LogP contribution in [-0.4, -0.2) is 0 Å². The van der Waals surface area contributed by atoms with Crippen molar-refractivity contribution in [2.75, 3.05) is 5.32 Å². The van der Waals surface area contributed by atoms with E-state index in [-0.39, 0.29) is 0 Å². The monoisotopic (exact) mass is 357 g/mol. The molecule has 0 aliphatic heterocycles. The standard InChI is InChI=1S/C13H13Br2NO/c1-8-5-10(6-9(2)13(8)15)16-7-11-3-4-12(14)17-11/h3-6,16H,7H2,1-2H3. The van der Waals surface area contributed by atoms with Crippen molar-refractivity contribution in [1.29, 1.82) is 0 Å². The first-order valence-electron chi connectivity index (χ1n) is 5.31. The molecule has 0 unspecified atom stereocenters. The number of hydrogen-bond donors (Lipinski definition) is 1. The number of hydrogen-bond acceptors (Lipinski definition) is 2. The summed E-state index contributed by atoms with van der Waals surface area (Å²) in [4.78, 5) is 0. The lowest BCUT2D eigenvalue weighted by Crippen LogP contribution is -1.99. The van der Waals surface area contributed by atoms with Crippen LogP contribution in [0.4, 0.5) is 5.69 Å². The molecule has 2 nitrogen and oxygen atoms in total. The van der Waals surface area contributed by atoms with E-state index in [9.17, 15) is 0 Å². The molecule has 0 bridgehead atoms. The smallest absolute Gasteiger partial charge is 0.169 e. The zero-order chi connectivity index (χ0) is 12.4. The van der Waals surface area contributed by atoms with E-state index in [1.807, 2.05) is 12.1 Å². The number of anilines is 1. The number of rotatable bonds is 3. The van der Waals surface area contributed by atoms with Crippen LogP contribution in [0, 0.1) is 13.8 Å². The van der Waals surface area contributed by atoms with Crippen LogP contribution < -0.4 is 5.32 Å². The van der Waals surface area contributed by atoms with Gasteiger partial charge in [0.1, 0.15) is 5.76 Å². The fourth-order valence-corrected chi connectivity index (χ4v) is 2.25. The number of benzene rings is 1. The zero-order valence-corrected chi connectivity index (χ0v) is 12.9. The van der Waals surface area contributed by atoms with Gasteiger partial charge in [-0.25, -0.2) is 0 Å². The van der Waals surface area contributed by atoms with E-state index >= 15 is 0 Å². The molecule has 0 saturated carbocycles. The Labute approximate surface area is 118 Å². The summed E-state index contributed by atoms with van der Waals surface area (Å²) in [6.45, 7) is 4.86. The summed E-state index contributed by atoms with van der Waals surface area (Å²) < 4.78 is 7.37. The molecule has 0 aliphatic carbocycles. The van der Waals surface area contributed by atoms with Crippen molar-refractivity contribution in [2.45, 2.75) is 20.4 Å². The minimum absolute atomic E-state index is 0.687. The van der Waals surface area contributed by atoms with E-state index in [2.05, 4.69) is 63.2 Å². The lowest BCUT2D eigenvalue weighted by molar-refractivity contribution is 0.495. The van der Waals surface area contributed by atoms with Crippen LogP contribution in [0.25, 0.3) is 0 Å². The highest BCUT2D eigenvalue weighted by atomic mass is 79.9. The third kappa shape index (κ3) is 3.13. The minimum atomic E-state index is 0.687. The molecular weight excluding hydrogens is 346 g/mol. The van der Waals surface area contributed by atoms with Gasteiger partial charge >= 0.3 is 0 Å². The van der Waals surface area contributed by atoms with Crippen LogP contribution >= 0.6 is 31.9 Å². The largest absolute Gasteiger partial charge is 0.452 e. The molecular formula is C13H13Br2NO. The maximum atomic E-state index is 5.43. The topological polar surface area (TPSA) is 25.2 Å². The Hall–Kier alpha value is -0.740. The van der Waals surface area contributed by atoms with Gasteiger partial charge < -0.3 is 9.73 Å². The fraction of sp³-hybridized carbons (Fsp3) is 0.231. The molecule has 1 N–H and O–H groups in total. The maximum absolute atomic E-state index is 5.43. The summed E-state index contributed by atoms with van der Waals surface area (Å²) in [5.41, 5.74) is 3.57. The lowest BCUT2D eigenvalue weighted by atomic mass is 10.1. The molecule has 0 radical (unpaired) electrons. The molecule has 17 heavy (non-hydrogen) atoms. The average Bonchev–Trinajstić information content (AvgIpc) is 2.69. The van der Waals surface area contributed by atoms with Crippen LogP contribution in [-0.2, 0) is 6.54 Å². The van der Waals surface area contributed by atoms with Crippen molar-refractivity contribution in [2.24, 2.45) is 0 Å². The molecule has 0 fully saturated rings. The second-order valence-electron chi connectivity index (χ2n) is 3.98. The van der Waals surface area contributed by atoms with E-state index in [0.29, 0.717) is 6.54 Å². The minimum Gasteiger partial charge on any atom is -0.452 e. The molecule has 0 spiro atoms. The van der Waals surface area contributed by atoms with Gasteiger partial charge in [0, 0.05) is 10.2 Å². The molecule has 0 aliphatic rings. The van der Waals surface area contributed by atoms with Gasteiger partial charge in [-0.3, -0.25) is 0 Å². The Kier molecular flexibility index (Phi) is 3.94. The molecule has 2 aromatic rings. The Bertz CT molecular complexity index is 511. The predicted octanol–water partition coefficient (Wildman–Crippen LogP) is 5.03. The number of aryl methyl sites for hydroxylation is 2.